The summed E-state index contributed by atoms with van der Waals surface area (Å²) in [6.45, 7) is 3.00. The zero-order valence-corrected chi connectivity index (χ0v) is 13.2. The van der Waals surface area contributed by atoms with Crippen molar-refractivity contribution in [2.75, 3.05) is 7.05 Å². The van der Waals surface area contributed by atoms with Gasteiger partial charge in [0.1, 0.15) is 4.21 Å². The summed E-state index contributed by atoms with van der Waals surface area (Å²) in [5.74, 6) is 0. The van der Waals surface area contributed by atoms with E-state index < -0.39 is 10.0 Å². The molecular weight excluding hydrogens is 300 g/mol. The van der Waals surface area contributed by atoms with Crippen molar-refractivity contribution in [1.82, 2.24) is 10.0 Å². The minimum Gasteiger partial charge on any atom is -0.316 e. The van der Waals surface area contributed by atoms with Crippen molar-refractivity contribution in [3.63, 3.8) is 0 Å². The molecule has 0 atom stereocenters. The minimum atomic E-state index is -3.41. The molecule has 0 unspecified atom stereocenters. The quantitative estimate of drug-likeness (QED) is 0.860. The van der Waals surface area contributed by atoms with Crippen LogP contribution >= 0.6 is 22.7 Å². The van der Waals surface area contributed by atoms with Gasteiger partial charge in [-0.1, -0.05) is 0 Å². The van der Waals surface area contributed by atoms with Crippen molar-refractivity contribution in [3.05, 3.63) is 38.9 Å². The maximum Gasteiger partial charge on any atom is 0.250 e. The molecule has 0 aliphatic carbocycles. The minimum absolute atomic E-state index is 0.344. The van der Waals surface area contributed by atoms with E-state index in [0.29, 0.717) is 17.3 Å². The number of sulfonamides is 1. The van der Waals surface area contributed by atoms with Crippen LogP contribution in [0.3, 0.4) is 0 Å². The molecule has 0 aromatic carbocycles. The van der Waals surface area contributed by atoms with Gasteiger partial charge < -0.3 is 5.32 Å². The molecule has 0 saturated heterocycles. The number of hydrogen-bond acceptors (Lipinski definition) is 5. The summed E-state index contributed by atoms with van der Waals surface area (Å²) < 4.78 is 27.3. The van der Waals surface area contributed by atoms with Crippen LogP contribution in [0.5, 0.6) is 0 Å². The Balaban J connectivity index is 2.07. The Hall–Kier alpha value is -0.730. The predicted molar refractivity (Wildman–Crippen MR) is 80.2 cm³/mol. The van der Waals surface area contributed by atoms with Crippen LogP contribution in [0.4, 0.5) is 0 Å². The van der Waals surface area contributed by atoms with E-state index in [-0.39, 0.29) is 0 Å². The molecule has 0 saturated carbocycles. The fourth-order valence-corrected chi connectivity index (χ4v) is 4.72. The topological polar surface area (TPSA) is 58.2 Å². The van der Waals surface area contributed by atoms with Crippen molar-refractivity contribution < 1.29 is 8.42 Å². The van der Waals surface area contributed by atoms with Crippen LogP contribution in [0.2, 0.25) is 0 Å². The number of aryl methyl sites for hydroxylation is 1. The van der Waals surface area contributed by atoms with Gasteiger partial charge >= 0.3 is 0 Å². The summed E-state index contributed by atoms with van der Waals surface area (Å²) in [5, 5.41) is 8.85. The number of hydrogen-bond donors (Lipinski definition) is 2. The molecule has 2 aromatic rings. The second-order valence-corrected chi connectivity index (χ2v) is 7.86. The molecule has 0 radical (unpaired) electrons. The van der Waals surface area contributed by atoms with Crippen molar-refractivity contribution in [2.45, 2.75) is 24.2 Å². The number of rotatable bonds is 6. The van der Waals surface area contributed by atoms with Gasteiger partial charge in [-0.05, 0) is 52.9 Å². The van der Waals surface area contributed by atoms with Crippen LogP contribution in [-0.4, -0.2) is 15.5 Å². The first-order valence-corrected chi connectivity index (χ1v) is 9.07. The van der Waals surface area contributed by atoms with Gasteiger partial charge in [0.2, 0.25) is 10.0 Å². The number of nitrogens with one attached hydrogen (secondary N) is 2. The summed E-state index contributed by atoms with van der Waals surface area (Å²) in [6, 6.07) is 1.71. The van der Waals surface area contributed by atoms with E-state index >= 15 is 0 Å². The van der Waals surface area contributed by atoms with Gasteiger partial charge in [0.25, 0.3) is 0 Å². The van der Waals surface area contributed by atoms with Crippen LogP contribution in [0.1, 0.15) is 16.7 Å². The lowest BCUT2D eigenvalue weighted by molar-refractivity contribution is 0.583. The molecule has 0 aliphatic heterocycles. The first-order valence-electron chi connectivity index (χ1n) is 5.76. The Morgan fingerprint density at radius 2 is 2.00 bits per heavy atom. The van der Waals surface area contributed by atoms with Crippen molar-refractivity contribution in [2.24, 2.45) is 0 Å². The highest BCUT2D eigenvalue weighted by Gasteiger charge is 2.16. The van der Waals surface area contributed by atoms with Crippen LogP contribution in [0, 0.1) is 6.92 Å². The van der Waals surface area contributed by atoms with Gasteiger partial charge in [-0.15, -0.1) is 11.3 Å². The molecule has 0 amide bonds. The highest BCUT2D eigenvalue weighted by Crippen LogP contribution is 2.21. The van der Waals surface area contributed by atoms with E-state index in [1.807, 2.05) is 30.1 Å². The van der Waals surface area contributed by atoms with Gasteiger partial charge in [-0.2, -0.15) is 11.3 Å². The fourth-order valence-electron chi connectivity index (χ4n) is 1.60. The maximum atomic E-state index is 12.1. The molecule has 2 N–H and O–H groups in total. The van der Waals surface area contributed by atoms with Crippen LogP contribution in [0.25, 0.3) is 0 Å². The molecule has 2 aromatic heterocycles. The highest BCUT2D eigenvalue weighted by atomic mass is 32.2. The summed E-state index contributed by atoms with van der Waals surface area (Å²) in [4.78, 5) is 0. The molecule has 4 nitrogen and oxygen atoms in total. The lowest BCUT2D eigenvalue weighted by Crippen LogP contribution is -2.22. The molecule has 104 valence electrons. The monoisotopic (exact) mass is 316 g/mol. The second-order valence-electron chi connectivity index (χ2n) is 4.21. The van der Waals surface area contributed by atoms with E-state index in [0.717, 1.165) is 16.7 Å². The van der Waals surface area contributed by atoms with E-state index in [9.17, 15) is 8.42 Å². The Bertz CT molecular complexity index is 643. The zero-order valence-electron chi connectivity index (χ0n) is 10.8. The third kappa shape index (κ3) is 3.64. The zero-order chi connectivity index (χ0) is 13.9. The van der Waals surface area contributed by atoms with Gasteiger partial charge in [-0.3, -0.25) is 0 Å². The summed E-state index contributed by atoms with van der Waals surface area (Å²) in [6.07, 6.45) is 0. The molecule has 19 heavy (non-hydrogen) atoms. The SMILES string of the molecule is CNCc1csc(S(=O)(=O)NCc2cscc2C)c1. The molecule has 0 bridgehead atoms. The van der Waals surface area contributed by atoms with Gasteiger partial charge in [-0.25, -0.2) is 13.1 Å². The summed E-state index contributed by atoms with van der Waals surface area (Å²) in [7, 11) is -1.57. The molecule has 2 rings (SSSR count). The normalized spacial score (nSPS) is 11.9. The third-order valence-corrected chi connectivity index (χ3v) is 6.49. The van der Waals surface area contributed by atoms with E-state index in [4.69, 9.17) is 0 Å². The first-order chi connectivity index (χ1) is 9.03. The molecular formula is C12H16N2O2S3. The van der Waals surface area contributed by atoms with Crippen LogP contribution in [0.15, 0.2) is 26.4 Å². The average Bonchev–Trinajstić information content (AvgIpc) is 2.97. The Kier molecular flexibility index (Phi) is 4.75. The highest BCUT2D eigenvalue weighted by molar-refractivity contribution is 7.91. The smallest absolute Gasteiger partial charge is 0.250 e. The van der Waals surface area contributed by atoms with Crippen LogP contribution < -0.4 is 10.0 Å². The lowest BCUT2D eigenvalue weighted by atomic mass is 10.2. The van der Waals surface area contributed by atoms with Gasteiger partial charge in [0, 0.05) is 13.1 Å². The van der Waals surface area contributed by atoms with E-state index in [2.05, 4.69) is 10.0 Å². The molecule has 0 spiro atoms. The Morgan fingerprint density at radius 1 is 1.21 bits per heavy atom. The van der Waals surface area contributed by atoms with E-state index in [1.165, 1.54) is 11.3 Å². The predicted octanol–water partition coefficient (Wildman–Crippen LogP) is 2.32. The van der Waals surface area contributed by atoms with E-state index in [1.54, 1.807) is 17.4 Å². The molecule has 2 heterocycles. The second kappa shape index (κ2) is 6.15. The van der Waals surface area contributed by atoms with Crippen LogP contribution in [-0.2, 0) is 23.1 Å². The Labute approximate surface area is 121 Å². The molecule has 7 heteroatoms. The van der Waals surface area contributed by atoms with Gasteiger partial charge in [0.15, 0.2) is 0 Å². The first kappa shape index (κ1) is 14.7. The summed E-state index contributed by atoms with van der Waals surface area (Å²) in [5.41, 5.74) is 3.13. The Morgan fingerprint density at radius 3 is 2.63 bits per heavy atom. The standard InChI is InChI=1S/C12H16N2O2S3/c1-9-6-17-8-11(9)5-14-19(15,16)12-3-10(4-13-2)7-18-12/h3,6-8,13-14H,4-5H2,1-2H3. The number of thiophene rings is 2. The lowest BCUT2D eigenvalue weighted by Gasteiger charge is -2.04. The largest absolute Gasteiger partial charge is 0.316 e. The summed E-state index contributed by atoms with van der Waals surface area (Å²) >= 11 is 2.83. The van der Waals surface area contributed by atoms with Crippen molar-refractivity contribution >= 4 is 32.7 Å². The average molecular weight is 316 g/mol. The molecule has 0 aliphatic rings. The van der Waals surface area contributed by atoms with Crippen molar-refractivity contribution in [3.8, 4) is 0 Å². The fraction of sp³-hybridized carbons (Fsp3) is 0.333. The maximum absolute atomic E-state index is 12.1. The molecule has 0 fully saturated rings. The van der Waals surface area contributed by atoms with Gasteiger partial charge in [0.05, 0.1) is 0 Å². The van der Waals surface area contributed by atoms with Crippen molar-refractivity contribution in [1.29, 1.82) is 0 Å². The third-order valence-electron chi connectivity index (χ3n) is 2.69.